The number of anilines is 1. The van der Waals surface area contributed by atoms with Gasteiger partial charge in [-0.15, -0.1) is 0 Å². The number of methoxy groups -OCH3 is 1. The number of hydrogen-bond donors (Lipinski definition) is 1. The Morgan fingerprint density at radius 2 is 2.03 bits per heavy atom. The quantitative estimate of drug-likeness (QED) is 0.646. The fraction of sp³-hybridized carbons (Fsp3) is 0.458. The van der Waals surface area contributed by atoms with E-state index in [2.05, 4.69) is 39.1 Å². The van der Waals surface area contributed by atoms with Crippen molar-refractivity contribution in [3.05, 3.63) is 42.2 Å². The zero-order valence-corrected chi connectivity index (χ0v) is 18.0. The molecule has 3 aromatic rings. The van der Waals surface area contributed by atoms with Gasteiger partial charge in [0.05, 0.1) is 17.5 Å². The minimum absolute atomic E-state index is 0.0656. The van der Waals surface area contributed by atoms with Crippen LogP contribution in [0.5, 0.6) is 0 Å². The summed E-state index contributed by atoms with van der Waals surface area (Å²) in [6.45, 7) is 8.83. The molecule has 156 valence electrons. The molecule has 5 rings (SSSR count). The molecule has 2 aliphatic rings. The van der Waals surface area contributed by atoms with Crippen LogP contribution in [0.2, 0.25) is 0 Å². The molecule has 30 heavy (non-hydrogen) atoms. The second-order valence-electron chi connectivity index (χ2n) is 9.64. The summed E-state index contributed by atoms with van der Waals surface area (Å²) in [6.07, 6.45) is 3.50. The second kappa shape index (κ2) is 6.91. The molecule has 2 aromatic heterocycles. The van der Waals surface area contributed by atoms with E-state index in [1.165, 1.54) is 5.69 Å². The minimum Gasteiger partial charge on any atom is -0.384 e. The van der Waals surface area contributed by atoms with Gasteiger partial charge in [0.15, 0.2) is 11.4 Å². The maximum atomic E-state index is 12.8. The second-order valence-corrected chi connectivity index (χ2v) is 9.64. The number of nitrogens with zero attached hydrogens (tertiary/aromatic N) is 3. The minimum atomic E-state index is -0.468. The third-order valence-electron chi connectivity index (χ3n) is 6.54. The van der Waals surface area contributed by atoms with Crippen LogP contribution in [-0.4, -0.2) is 47.5 Å². The van der Waals surface area contributed by atoms with E-state index in [1.54, 1.807) is 19.5 Å². The first-order valence-electron chi connectivity index (χ1n) is 10.6. The van der Waals surface area contributed by atoms with E-state index in [0.717, 1.165) is 48.7 Å². The van der Waals surface area contributed by atoms with Gasteiger partial charge in [-0.2, -0.15) is 0 Å². The molecule has 0 amide bonds. The summed E-state index contributed by atoms with van der Waals surface area (Å²) >= 11 is 0. The molecule has 2 fully saturated rings. The maximum Gasteiger partial charge on any atom is 0.171 e. The molecule has 0 bridgehead atoms. The molecule has 6 heteroatoms. The van der Waals surface area contributed by atoms with Crippen LogP contribution in [0.4, 0.5) is 5.69 Å². The Kier molecular flexibility index (Phi) is 4.43. The third kappa shape index (κ3) is 3.19. The molecule has 0 spiro atoms. The molecular formula is C24H28N4O2. The van der Waals surface area contributed by atoms with Crippen molar-refractivity contribution in [2.75, 3.05) is 31.7 Å². The number of hydrogen-bond acceptors (Lipinski definition) is 5. The summed E-state index contributed by atoms with van der Waals surface area (Å²) in [5, 5.41) is 0. The Bertz CT molecular complexity index is 1100. The number of aromatic nitrogens is 3. The number of carbonyl (C=O) groups is 1. The number of fused-ring (bicyclic) bond motifs is 2. The number of benzene rings is 1. The summed E-state index contributed by atoms with van der Waals surface area (Å²) in [7, 11) is 1.79. The average molecular weight is 405 g/mol. The van der Waals surface area contributed by atoms with E-state index in [1.807, 2.05) is 20.8 Å². The summed E-state index contributed by atoms with van der Waals surface area (Å²) < 4.78 is 5.34. The molecule has 1 aromatic carbocycles. The van der Waals surface area contributed by atoms with Crippen molar-refractivity contribution in [3.63, 3.8) is 0 Å². The number of H-pyrrole nitrogens is 1. The van der Waals surface area contributed by atoms with Gasteiger partial charge >= 0.3 is 0 Å². The van der Waals surface area contributed by atoms with E-state index >= 15 is 0 Å². The van der Waals surface area contributed by atoms with Crippen LogP contribution in [0.3, 0.4) is 0 Å². The number of rotatable bonds is 5. The van der Waals surface area contributed by atoms with E-state index in [4.69, 9.17) is 9.72 Å². The highest BCUT2D eigenvalue weighted by Crippen LogP contribution is 2.52. The Hall–Kier alpha value is -2.73. The fourth-order valence-electron chi connectivity index (χ4n) is 4.77. The number of ether oxygens (including phenoxy) is 1. The van der Waals surface area contributed by atoms with Gasteiger partial charge in [-0.25, -0.2) is 9.97 Å². The van der Waals surface area contributed by atoms with Crippen LogP contribution in [0.25, 0.3) is 22.4 Å². The lowest BCUT2D eigenvalue weighted by molar-refractivity contribution is 0.0860. The maximum absolute atomic E-state index is 12.8. The van der Waals surface area contributed by atoms with Gasteiger partial charge in [0, 0.05) is 49.7 Å². The van der Waals surface area contributed by atoms with Crippen molar-refractivity contribution in [1.82, 2.24) is 15.0 Å². The van der Waals surface area contributed by atoms with E-state index < -0.39 is 5.41 Å². The lowest BCUT2D eigenvalue weighted by Crippen LogP contribution is -2.24. The summed E-state index contributed by atoms with van der Waals surface area (Å²) in [5.74, 6) is 2.32. The van der Waals surface area contributed by atoms with Crippen molar-refractivity contribution in [2.24, 2.45) is 23.2 Å². The van der Waals surface area contributed by atoms with Crippen LogP contribution >= 0.6 is 0 Å². The number of aromatic amines is 1. The first-order valence-corrected chi connectivity index (χ1v) is 10.6. The van der Waals surface area contributed by atoms with Gasteiger partial charge in [-0.1, -0.05) is 32.9 Å². The highest BCUT2D eigenvalue weighted by molar-refractivity contribution is 6.08. The molecule has 1 N–H and O–H groups in total. The predicted octanol–water partition coefficient (Wildman–Crippen LogP) is 4.18. The van der Waals surface area contributed by atoms with E-state index in [9.17, 15) is 4.79 Å². The summed E-state index contributed by atoms with van der Waals surface area (Å²) in [5.41, 5.74) is 4.45. The lowest BCUT2D eigenvalue weighted by atomic mass is 9.87. The number of Topliss-reactive ketones (excluding diaryl/α,β-unsaturated/α-hetero) is 1. The molecular weight excluding hydrogens is 376 g/mol. The summed E-state index contributed by atoms with van der Waals surface area (Å²) in [4.78, 5) is 27.7. The highest BCUT2D eigenvalue weighted by atomic mass is 16.5. The zero-order valence-electron chi connectivity index (χ0n) is 18.0. The van der Waals surface area contributed by atoms with Crippen LogP contribution < -0.4 is 4.90 Å². The molecule has 3 atom stereocenters. The Labute approximate surface area is 176 Å². The lowest BCUT2D eigenvalue weighted by Gasteiger charge is -2.22. The zero-order chi connectivity index (χ0) is 21.0. The number of carbonyl (C=O) groups excluding carboxylic acids is 1. The number of ketones is 1. The Morgan fingerprint density at radius 1 is 1.27 bits per heavy atom. The van der Waals surface area contributed by atoms with Gasteiger partial charge < -0.3 is 14.6 Å². The predicted molar refractivity (Wildman–Crippen MR) is 118 cm³/mol. The molecule has 3 heterocycles. The number of piperidine rings is 1. The van der Waals surface area contributed by atoms with Gasteiger partial charge in [-0.05, 0) is 29.9 Å². The first-order chi connectivity index (χ1) is 14.4. The van der Waals surface area contributed by atoms with Gasteiger partial charge in [0.25, 0.3) is 0 Å². The van der Waals surface area contributed by atoms with Crippen molar-refractivity contribution >= 4 is 22.6 Å². The third-order valence-corrected chi connectivity index (χ3v) is 6.54. The van der Waals surface area contributed by atoms with E-state index in [-0.39, 0.29) is 5.78 Å². The van der Waals surface area contributed by atoms with Gasteiger partial charge in [0.2, 0.25) is 0 Å². The molecule has 1 aliphatic carbocycles. The molecule has 0 radical (unpaired) electrons. The largest absolute Gasteiger partial charge is 0.384 e. The number of nitrogens with one attached hydrogen (secondary N) is 1. The van der Waals surface area contributed by atoms with Crippen molar-refractivity contribution in [2.45, 2.75) is 20.8 Å². The molecule has 1 aliphatic heterocycles. The molecule has 6 nitrogen and oxygen atoms in total. The van der Waals surface area contributed by atoms with Crippen LogP contribution in [-0.2, 0) is 4.74 Å². The summed E-state index contributed by atoms with van der Waals surface area (Å²) in [6, 6.07) is 8.48. The SMILES string of the molecule is COCC1[C@H]2CN(c3cccc(-c4cnc5[nH]cc(C(=O)C(C)(C)C)c5n4)c3)C[C@@H]12. The van der Waals surface area contributed by atoms with Crippen molar-refractivity contribution in [1.29, 1.82) is 0 Å². The smallest absolute Gasteiger partial charge is 0.171 e. The highest BCUT2D eigenvalue weighted by Gasteiger charge is 2.55. The fourth-order valence-corrected chi connectivity index (χ4v) is 4.77. The Balaban J connectivity index is 1.42. The molecule has 1 saturated carbocycles. The average Bonchev–Trinajstić information content (AvgIpc) is 3.10. The molecule has 1 saturated heterocycles. The van der Waals surface area contributed by atoms with Crippen molar-refractivity contribution < 1.29 is 9.53 Å². The van der Waals surface area contributed by atoms with E-state index in [0.29, 0.717) is 16.7 Å². The van der Waals surface area contributed by atoms with Crippen LogP contribution in [0, 0.1) is 23.2 Å². The first kappa shape index (κ1) is 19.2. The Morgan fingerprint density at radius 3 is 2.73 bits per heavy atom. The van der Waals surface area contributed by atoms with Crippen molar-refractivity contribution in [3.8, 4) is 11.3 Å². The van der Waals surface area contributed by atoms with Gasteiger partial charge in [-0.3, -0.25) is 4.79 Å². The topological polar surface area (TPSA) is 71.1 Å². The monoisotopic (exact) mass is 404 g/mol. The standard InChI is InChI=1S/C24H28N4O2/c1-24(2,3)22(29)16-9-25-23-21(16)27-20(10-26-23)14-6-5-7-15(8-14)28-11-17-18(12-28)19(17)13-30-4/h5-10,17-19H,11-13H2,1-4H3,(H,25,26)/t17-,18+,19?. The normalized spacial score (nSPS) is 23.1. The van der Waals surface area contributed by atoms with Crippen LogP contribution in [0.1, 0.15) is 31.1 Å². The van der Waals surface area contributed by atoms with Crippen LogP contribution in [0.15, 0.2) is 36.7 Å². The molecule has 1 unspecified atom stereocenters. The van der Waals surface area contributed by atoms with Gasteiger partial charge in [0.1, 0.15) is 5.52 Å².